The van der Waals surface area contributed by atoms with Crippen LogP contribution in [-0.4, -0.2) is 45.8 Å². The number of carbonyl (C=O) groups is 1. The van der Waals surface area contributed by atoms with Crippen LogP contribution in [0.2, 0.25) is 0 Å². The van der Waals surface area contributed by atoms with Crippen molar-refractivity contribution < 1.29 is 14.3 Å². The fourth-order valence-electron chi connectivity index (χ4n) is 2.69. The van der Waals surface area contributed by atoms with E-state index in [0.29, 0.717) is 23.0 Å². The molecule has 0 bridgehead atoms. The number of rotatable bonds is 5. The van der Waals surface area contributed by atoms with E-state index in [2.05, 4.69) is 15.5 Å². The van der Waals surface area contributed by atoms with E-state index < -0.39 is 0 Å². The Hall–Kier alpha value is -2.35. The molecule has 23 heavy (non-hydrogen) atoms. The summed E-state index contributed by atoms with van der Waals surface area (Å²) in [5, 5.41) is 11.2. The molecule has 0 radical (unpaired) electrons. The monoisotopic (exact) mass is 319 g/mol. The SMILES string of the molecule is COc1nn(C)cc1C(=O)Nc1cnn(CC2CCOCC2)c1. The van der Waals surface area contributed by atoms with Gasteiger partial charge in [-0.1, -0.05) is 0 Å². The highest BCUT2D eigenvalue weighted by Crippen LogP contribution is 2.19. The first-order chi connectivity index (χ1) is 11.2. The van der Waals surface area contributed by atoms with E-state index in [0.717, 1.165) is 32.6 Å². The molecule has 124 valence electrons. The molecule has 8 nitrogen and oxygen atoms in total. The maximum atomic E-state index is 12.3. The van der Waals surface area contributed by atoms with Crippen LogP contribution in [0.15, 0.2) is 18.6 Å². The molecule has 0 aliphatic carbocycles. The number of methoxy groups -OCH3 is 1. The van der Waals surface area contributed by atoms with E-state index in [1.807, 2.05) is 10.9 Å². The number of hydrogen-bond acceptors (Lipinski definition) is 5. The zero-order valence-electron chi connectivity index (χ0n) is 13.4. The Bertz CT molecular complexity index is 672. The van der Waals surface area contributed by atoms with E-state index in [4.69, 9.17) is 9.47 Å². The smallest absolute Gasteiger partial charge is 0.262 e. The normalized spacial score (nSPS) is 15.6. The van der Waals surface area contributed by atoms with Crippen molar-refractivity contribution in [1.82, 2.24) is 19.6 Å². The van der Waals surface area contributed by atoms with Crippen LogP contribution in [0.25, 0.3) is 0 Å². The fraction of sp³-hybridized carbons (Fsp3) is 0.533. The molecule has 2 aromatic heterocycles. The van der Waals surface area contributed by atoms with Gasteiger partial charge in [-0.15, -0.1) is 5.10 Å². The van der Waals surface area contributed by atoms with Crippen LogP contribution in [0.1, 0.15) is 23.2 Å². The van der Waals surface area contributed by atoms with Gasteiger partial charge in [0.1, 0.15) is 5.56 Å². The lowest BCUT2D eigenvalue weighted by atomic mass is 10.0. The quantitative estimate of drug-likeness (QED) is 0.898. The summed E-state index contributed by atoms with van der Waals surface area (Å²) in [6.07, 6.45) is 7.22. The minimum atomic E-state index is -0.263. The summed E-state index contributed by atoms with van der Waals surface area (Å²) in [7, 11) is 3.23. The zero-order valence-corrected chi connectivity index (χ0v) is 13.4. The third-order valence-corrected chi connectivity index (χ3v) is 3.91. The molecule has 3 rings (SSSR count). The summed E-state index contributed by atoms with van der Waals surface area (Å²) in [6.45, 7) is 2.47. The van der Waals surface area contributed by atoms with Crippen LogP contribution in [0.3, 0.4) is 0 Å². The van der Waals surface area contributed by atoms with Crippen molar-refractivity contribution in [2.75, 3.05) is 25.6 Å². The van der Waals surface area contributed by atoms with Gasteiger partial charge in [-0.25, -0.2) is 0 Å². The zero-order chi connectivity index (χ0) is 16.2. The van der Waals surface area contributed by atoms with Gasteiger partial charge in [-0.05, 0) is 18.8 Å². The van der Waals surface area contributed by atoms with Gasteiger partial charge in [0, 0.05) is 39.2 Å². The van der Waals surface area contributed by atoms with Gasteiger partial charge < -0.3 is 14.8 Å². The van der Waals surface area contributed by atoms with Crippen molar-refractivity contribution >= 4 is 11.6 Å². The molecule has 0 atom stereocenters. The number of aromatic nitrogens is 4. The summed E-state index contributed by atoms with van der Waals surface area (Å²) in [6, 6.07) is 0. The van der Waals surface area contributed by atoms with Crippen molar-refractivity contribution in [1.29, 1.82) is 0 Å². The van der Waals surface area contributed by atoms with Crippen molar-refractivity contribution in [3.63, 3.8) is 0 Å². The van der Waals surface area contributed by atoms with E-state index >= 15 is 0 Å². The number of anilines is 1. The molecule has 0 unspecified atom stereocenters. The van der Waals surface area contributed by atoms with E-state index in [-0.39, 0.29) is 5.91 Å². The molecule has 0 spiro atoms. The topological polar surface area (TPSA) is 83.2 Å². The van der Waals surface area contributed by atoms with Gasteiger partial charge in [-0.3, -0.25) is 14.2 Å². The molecule has 1 N–H and O–H groups in total. The van der Waals surface area contributed by atoms with Gasteiger partial charge in [0.25, 0.3) is 5.91 Å². The Labute approximate surface area is 134 Å². The van der Waals surface area contributed by atoms with Gasteiger partial charge in [-0.2, -0.15) is 5.10 Å². The summed E-state index contributed by atoms with van der Waals surface area (Å²) in [5.41, 5.74) is 1.06. The van der Waals surface area contributed by atoms with Gasteiger partial charge >= 0.3 is 0 Å². The Balaban J connectivity index is 1.62. The molecule has 1 aliphatic rings. The predicted molar refractivity (Wildman–Crippen MR) is 83.5 cm³/mol. The molecule has 8 heteroatoms. The highest BCUT2D eigenvalue weighted by atomic mass is 16.5. The van der Waals surface area contributed by atoms with Crippen LogP contribution in [0.5, 0.6) is 5.88 Å². The lowest BCUT2D eigenvalue weighted by Gasteiger charge is -2.21. The van der Waals surface area contributed by atoms with E-state index in [1.165, 1.54) is 7.11 Å². The third-order valence-electron chi connectivity index (χ3n) is 3.91. The second kappa shape index (κ2) is 6.82. The molecular weight excluding hydrogens is 298 g/mol. The van der Waals surface area contributed by atoms with Gasteiger partial charge in [0.15, 0.2) is 0 Å². The number of ether oxygens (including phenoxy) is 2. The predicted octanol–water partition coefficient (Wildman–Crippen LogP) is 1.30. The maximum absolute atomic E-state index is 12.3. The highest BCUT2D eigenvalue weighted by Gasteiger charge is 2.18. The first kappa shape index (κ1) is 15.5. The first-order valence-corrected chi connectivity index (χ1v) is 7.65. The summed E-state index contributed by atoms with van der Waals surface area (Å²) < 4.78 is 13.9. The minimum absolute atomic E-state index is 0.263. The van der Waals surface area contributed by atoms with Crippen LogP contribution < -0.4 is 10.1 Å². The standard InChI is InChI=1S/C15H21N5O3/c1-19-10-13(15(18-19)22-2)14(21)17-12-7-16-20(9-12)8-11-3-5-23-6-4-11/h7,9-11H,3-6,8H2,1-2H3,(H,17,21). The maximum Gasteiger partial charge on any atom is 0.262 e. The summed E-state index contributed by atoms with van der Waals surface area (Å²) >= 11 is 0. The fourth-order valence-corrected chi connectivity index (χ4v) is 2.69. The number of aryl methyl sites for hydroxylation is 1. The first-order valence-electron chi connectivity index (χ1n) is 7.65. The Morgan fingerprint density at radius 1 is 1.43 bits per heavy atom. The number of amides is 1. The largest absolute Gasteiger partial charge is 0.479 e. The third kappa shape index (κ3) is 3.70. The van der Waals surface area contributed by atoms with Crippen molar-refractivity contribution in [2.24, 2.45) is 13.0 Å². The van der Waals surface area contributed by atoms with E-state index in [1.54, 1.807) is 24.1 Å². The Morgan fingerprint density at radius 2 is 2.22 bits per heavy atom. The second-order valence-electron chi connectivity index (χ2n) is 5.69. The molecule has 0 aromatic carbocycles. The molecule has 1 aliphatic heterocycles. The molecular formula is C15H21N5O3. The molecule has 0 saturated carbocycles. The highest BCUT2D eigenvalue weighted by molar-refractivity contribution is 6.05. The summed E-state index contributed by atoms with van der Waals surface area (Å²) in [5.74, 6) is 0.616. The van der Waals surface area contributed by atoms with Gasteiger partial charge in [0.2, 0.25) is 5.88 Å². The van der Waals surface area contributed by atoms with Crippen LogP contribution >= 0.6 is 0 Å². The number of nitrogens with zero attached hydrogens (tertiary/aromatic N) is 4. The minimum Gasteiger partial charge on any atom is -0.479 e. The summed E-state index contributed by atoms with van der Waals surface area (Å²) in [4.78, 5) is 12.3. The second-order valence-corrected chi connectivity index (χ2v) is 5.69. The number of hydrogen-bond donors (Lipinski definition) is 1. The van der Waals surface area contributed by atoms with Crippen LogP contribution in [-0.2, 0) is 18.3 Å². The van der Waals surface area contributed by atoms with Crippen molar-refractivity contribution in [2.45, 2.75) is 19.4 Å². The van der Waals surface area contributed by atoms with Gasteiger partial charge in [0.05, 0.1) is 19.0 Å². The number of nitrogens with one attached hydrogen (secondary N) is 1. The number of carbonyl (C=O) groups excluding carboxylic acids is 1. The average Bonchev–Trinajstić information content (AvgIpc) is 3.14. The molecule has 1 fully saturated rings. The van der Waals surface area contributed by atoms with Crippen molar-refractivity contribution in [3.8, 4) is 5.88 Å². The van der Waals surface area contributed by atoms with Crippen LogP contribution in [0, 0.1) is 5.92 Å². The average molecular weight is 319 g/mol. The van der Waals surface area contributed by atoms with Crippen molar-refractivity contribution in [3.05, 3.63) is 24.2 Å². The Kier molecular flexibility index (Phi) is 4.61. The molecule has 2 aromatic rings. The molecule has 1 saturated heterocycles. The molecule has 1 amide bonds. The Morgan fingerprint density at radius 3 is 2.96 bits per heavy atom. The molecule has 3 heterocycles. The lowest BCUT2D eigenvalue weighted by Crippen LogP contribution is -2.20. The van der Waals surface area contributed by atoms with Crippen LogP contribution in [0.4, 0.5) is 5.69 Å². The van der Waals surface area contributed by atoms with E-state index in [9.17, 15) is 4.79 Å². The lowest BCUT2D eigenvalue weighted by molar-refractivity contribution is 0.0601.